The fraction of sp³-hybridized carbons (Fsp3) is 0.538. The van der Waals surface area contributed by atoms with Gasteiger partial charge >= 0.3 is 0 Å². The van der Waals surface area contributed by atoms with Crippen LogP contribution < -0.4 is 9.47 Å². The van der Waals surface area contributed by atoms with Gasteiger partial charge in [0.05, 0.1) is 17.2 Å². The summed E-state index contributed by atoms with van der Waals surface area (Å²) in [7, 11) is 1.67. The van der Waals surface area contributed by atoms with E-state index in [0.29, 0.717) is 13.2 Å². The van der Waals surface area contributed by atoms with Crippen molar-refractivity contribution in [3.8, 4) is 11.5 Å². The van der Waals surface area contributed by atoms with Gasteiger partial charge < -0.3 is 14.2 Å². The molecule has 0 saturated carbocycles. The first-order valence-electron chi connectivity index (χ1n) is 5.79. The number of halogens is 2. The van der Waals surface area contributed by atoms with Gasteiger partial charge in [-0.25, -0.2) is 0 Å². The van der Waals surface area contributed by atoms with Crippen molar-refractivity contribution in [1.29, 1.82) is 0 Å². The predicted octanol–water partition coefficient (Wildman–Crippen LogP) is 4.16. The molecule has 1 aromatic carbocycles. The molecule has 1 aromatic rings. The van der Waals surface area contributed by atoms with Gasteiger partial charge in [-0.05, 0) is 47.5 Å². The molecule has 0 radical (unpaired) electrons. The molecule has 0 spiro atoms. The highest BCUT2D eigenvalue weighted by Gasteiger charge is 2.13. The van der Waals surface area contributed by atoms with Crippen molar-refractivity contribution in [2.45, 2.75) is 25.3 Å². The molecule has 0 aliphatic carbocycles. The second-order valence-corrected chi connectivity index (χ2v) is 5.24. The second-order valence-electron chi connectivity index (χ2n) is 3.83. The average molecular weight is 382 g/mol. The highest BCUT2D eigenvalue weighted by molar-refractivity contribution is 9.10. The summed E-state index contributed by atoms with van der Waals surface area (Å²) in [5.74, 6) is 1.48. The van der Waals surface area contributed by atoms with E-state index in [0.717, 1.165) is 26.9 Å². The number of hydrogen-bond donors (Lipinski definition) is 0. The maximum absolute atomic E-state index is 5.76. The van der Waals surface area contributed by atoms with Crippen molar-refractivity contribution in [3.05, 3.63) is 22.2 Å². The van der Waals surface area contributed by atoms with Gasteiger partial charge in [-0.15, -0.1) is 0 Å². The van der Waals surface area contributed by atoms with Crippen LogP contribution in [0.2, 0.25) is 0 Å². The van der Waals surface area contributed by atoms with E-state index in [2.05, 4.69) is 31.9 Å². The minimum atomic E-state index is 0.0437. The predicted molar refractivity (Wildman–Crippen MR) is 79.9 cm³/mol. The Bertz CT molecular complexity index is 383. The summed E-state index contributed by atoms with van der Waals surface area (Å²) in [5.41, 5.74) is 1.14. The van der Waals surface area contributed by atoms with Gasteiger partial charge in [0.25, 0.3) is 0 Å². The van der Waals surface area contributed by atoms with Crippen LogP contribution in [0.4, 0.5) is 0 Å². The molecule has 0 amide bonds. The van der Waals surface area contributed by atoms with Gasteiger partial charge in [0, 0.05) is 12.4 Å². The summed E-state index contributed by atoms with van der Waals surface area (Å²) in [6.45, 7) is 5.01. The smallest absolute Gasteiger partial charge is 0.175 e. The molecular weight excluding hydrogens is 364 g/mol. The minimum absolute atomic E-state index is 0.0437. The Morgan fingerprint density at radius 2 is 2.00 bits per heavy atom. The molecule has 0 saturated heterocycles. The number of hydrogen-bond acceptors (Lipinski definition) is 3. The van der Waals surface area contributed by atoms with E-state index >= 15 is 0 Å². The number of methoxy groups -OCH3 is 1. The number of benzene rings is 1. The summed E-state index contributed by atoms with van der Waals surface area (Å²) < 4.78 is 17.4. The van der Waals surface area contributed by atoms with E-state index in [1.54, 1.807) is 7.11 Å². The van der Waals surface area contributed by atoms with E-state index in [-0.39, 0.29) is 6.10 Å². The van der Waals surface area contributed by atoms with Crippen LogP contribution in [0.5, 0.6) is 11.5 Å². The van der Waals surface area contributed by atoms with Gasteiger partial charge in [-0.1, -0.05) is 15.9 Å². The molecule has 0 N–H and O–H groups in total. The Labute approximate surface area is 125 Å². The number of rotatable bonds is 7. The standard InChI is InChI=1S/C13H18Br2O3/c1-4-17-12-6-10(7-14)5-11(15)13(12)18-8-9(2)16-3/h5-6,9H,4,7-8H2,1-3H3. The molecule has 0 heterocycles. The van der Waals surface area contributed by atoms with E-state index < -0.39 is 0 Å². The minimum Gasteiger partial charge on any atom is -0.490 e. The summed E-state index contributed by atoms with van der Waals surface area (Å²) in [4.78, 5) is 0. The number of ether oxygens (including phenoxy) is 3. The van der Waals surface area contributed by atoms with Crippen LogP contribution >= 0.6 is 31.9 Å². The van der Waals surface area contributed by atoms with E-state index in [4.69, 9.17) is 14.2 Å². The molecular formula is C13H18Br2O3. The quantitative estimate of drug-likeness (QED) is 0.664. The van der Waals surface area contributed by atoms with Crippen molar-refractivity contribution < 1.29 is 14.2 Å². The molecule has 0 bridgehead atoms. The van der Waals surface area contributed by atoms with Crippen LogP contribution in [0.1, 0.15) is 19.4 Å². The van der Waals surface area contributed by atoms with Gasteiger partial charge in [0.1, 0.15) is 6.61 Å². The van der Waals surface area contributed by atoms with Crippen molar-refractivity contribution in [1.82, 2.24) is 0 Å². The summed E-state index contributed by atoms with van der Waals surface area (Å²) in [5, 5.41) is 0.778. The van der Waals surface area contributed by atoms with Crippen LogP contribution in [-0.4, -0.2) is 26.4 Å². The van der Waals surface area contributed by atoms with Crippen LogP contribution in [0.25, 0.3) is 0 Å². The normalized spacial score (nSPS) is 12.3. The molecule has 0 aliphatic rings. The Morgan fingerprint density at radius 1 is 1.28 bits per heavy atom. The molecule has 1 unspecified atom stereocenters. The lowest BCUT2D eigenvalue weighted by molar-refractivity contribution is 0.0700. The molecule has 1 atom stereocenters. The number of alkyl halides is 1. The largest absolute Gasteiger partial charge is 0.490 e. The fourth-order valence-electron chi connectivity index (χ4n) is 1.37. The third-order valence-electron chi connectivity index (χ3n) is 2.39. The highest BCUT2D eigenvalue weighted by Crippen LogP contribution is 2.37. The Morgan fingerprint density at radius 3 is 2.56 bits per heavy atom. The third kappa shape index (κ3) is 4.44. The molecule has 3 nitrogen and oxygen atoms in total. The lowest BCUT2D eigenvalue weighted by Crippen LogP contribution is -2.16. The van der Waals surface area contributed by atoms with Gasteiger partial charge in [0.15, 0.2) is 11.5 Å². The Kier molecular flexibility index (Phi) is 7.04. The zero-order valence-electron chi connectivity index (χ0n) is 10.8. The Balaban J connectivity index is 2.92. The van der Waals surface area contributed by atoms with Crippen molar-refractivity contribution >= 4 is 31.9 Å². The molecule has 18 heavy (non-hydrogen) atoms. The van der Waals surface area contributed by atoms with E-state index in [1.807, 2.05) is 26.0 Å². The Hall–Kier alpha value is -0.260. The average Bonchev–Trinajstić information content (AvgIpc) is 2.37. The highest BCUT2D eigenvalue weighted by atomic mass is 79.9. The zero-order chi connectivity index (χ0) is 13.5. The first-order chi connectivity index (χ1) is 8.62. The maximum Gasteiger partial charge on any atom is 0.175 e. The van der Waals surface area contributed by atoms with Crippen molar-refractivity contribution in [3.63, 3.8) is 0 Å². The van der Waals surface area contributed by atoms with Crippen LogP contribution in [-0.2, 0) is 10.1 Å². The van der Waals surface area contributed by atoms with Gasteiger partial charge in [-0.2, -0.15) is 0 Å². The topological polar surface area (TPSA) is 27.7 Å². The lowest BCUT2D eigenvalue weighted by Gasteiger charge is -2.17. The molecule has 0 aromatic heterocycles. The van der Waals surface area contributed by atoms with Crippen molar-refractivity contribution in [2.24, 2.45) is 0 Å². The maximum atomic E-state index is 5.76. The lowest BCUT2D eigenvalue weighted by atomic mass is 10.2. The zero-order valence-corrected chi connectivity index (χ0v) is 14.0. The molecule has 102 valence electrons. The molecule has 1 rings (SSSR count). The summed E-state index contributed by atoms with van der Waals surface area (Å²) in [6.07, 6.45) is 0.0437. The van der Waals surface area contributed by atoms with Crippen molar-refractivity contribution in [2.75, 3.05) is 20.3 Å². The monoisotopic (exact) mass is 380 g/mol. The molecule has 0 aliphatic heterocycles. The second kappa shape index (κ2) is 8.02. The van der Waals surface area contributed by atoms with Crippen LogP contribution in [0, 0.1) is 0 Å². The van der Waals surface area contributed by atoms with Gasteiger partial charge in [0.2, 0.25) is 0 Å². The molecule has 5 heteroatoms. The van der Waals surface area contributed by atoms with Gasteiger partial charge in [-0.3, -0.25) is 0 Å². The first kappa shape index (κ1) is 15.8. The van der Waals surface area contributed by atoms with Crippen LogP contribution in [0.3, 0.4) is 0 Å². The third-order valence-corrected chi connectivity index (χ3v) is 3.62. The fourth-order valence-corrected chi connectivity index (χ4v) is 2.30. The summed E-state index contributed by atoms with van der Waals surface area (Å²) >= 11 is 6.95. The summed E-state index contributed by atoms with van der Waals surface area (Å²) in [6, 6.07) is 4.00. The van der Waals surface area contributed by atoms with E-state index in [9.17, 15) is 0 Å². The first-order valence-corrected chi connectivity index (χ1v) is 7.70. The molecule has 0 fully saturated rings. The van der Waals surface area contributed by atoms with Crippen LogP contribution in [0.15, 0.2) is 16.6 Å². The SMILES string of the molecule is CCOc1cc(CBr)cc(Br)c1OCC(C)OC. The van der Waals surface area contributed by atoms with E-state index in [1.165, 1.54) is 0 Å².